The van der Waals surface area contributed by atoms with Crippen LogP contribution in [0.3, 0.4) is 0 Å². The first-order chi connectivity index (χ1) is 16.7. The van der Waals surface area contributed by atoms with Crippen LogP contribution in [-0.2, 0) is 14.4 Å². The average Bonchev–Trinajstić information content (AvgIpc) is 3.54. The van der Waals surface area contributed by atoms with E-state index < -0.39 is 29.8 Å². The second-order valence-electron chi connectivity index (χ2n) is 9.68. The van der Waals surface area contributed by atoms with Gasteiger partial charge in [-0.15, -0.1) is 11.8 Å². The molecule has 0 spiro atoms. The summed E-state index contributed by atoms with van der Waals surface area (Å²) in [5.74, 6) is -3.05. The number of aromatic amines is 1. The fourth-order valence-electron chi connectivity index (χ4n) is 6.90. The molecule has 0 unspecified atom stereocenters. The van der Waals surface area contributed by atoms with E-state index in [1.54, 1.807) is 23.9 Å². The third-order valence-corrected chi connectivity index (χ3v) is 10.7. The normalized spacial score (nSPS) is 33.4. The summed E-state index contributed by atoms with van der Waals surface area (Å²) >= 11 is 2.73. The molecule has 8 atom stereocenters. The quantitative estimate of drug-likeness (QED) is 0.516. The topological polar surface area (TPSA) is 137 Å². The molecule has 1 aromatic heterocycles. The van der Waals surface area contributed by atoms with E-state index in [9.17, 15) is 29.4 Å². The number of thiazole rings is 1. The number of nitrogens with zero attached hydrogens (tertiary/aromatic N) is 1. The van der Waals surface area contributed by atoms with Crippen LogP contribution < -0.4 is 9.61 Å². The van der Waals surface area contributed by atoms with Crippen LogP contribution in [0.2, 0.25) is 0 Å². The number of hydrogen-bond donors (Lipinski definition) is 3. The van der Waals surface area contributed by atoms with Gasteiger partial charge in [-0.05, 0) is 55.7 Å². The third kappa shape index (κ3) is 3.07. The number of imide groups is 1. The molecule has 3 heterocycles. The SMILES string of the molecule is CCOc1cc([C@H]2c3sc(=O)[nH]c3S[C@H]3[C@@H]4C[C@H]([C@H]5C(=O)N([C@@H](C)C(=O)O)C(=O)[C@H]45)[C@H]23)ccc1O. The van der Waals surface area contributed by atoms with Crippen LogP contribution in [0.25, 0.3) is 0 Å². The molecule has 0 radical (unpaired) electrons. The van der Waals surface area contributed by atoms with Crippen molar-refractivity contribution in [2.45, 2.75) is 42.5 Å². The Morgan fingerprint density at radius 1 is 1.23 bits per heavy atom. The lowest BCUT2D eigenvalue weighted by molar-refractivity contribution is -0.154. The maximum absolute atomic E-state index is 13.4. The molecule has 35 heavy (non-hydrogen) atoms. The van der Waals surface area contributed by atoms with Crippen molar-refractivity contribution in [3.8, 4) is 11.5 Å². The van der Waals surface area contributed by atoms with Crippen LogP contribution in [-0.4, -0.2) is 55.8 Å². The number of phenolic OH excluding ortho intramolecular Hbond substituents is 1. The number of carbonyl (C=O) groups is 3. The van der Waals surface area contributed by atoms with Gasteiger partial charge in [0, 0.05) is 16.0 Å². The minimum atomic E-state index is -1.20. The molecule has 2 aromatic rings. The fraction of sp³-hybridized carbons (Fsp3) is 0.500. The number of likely N-dealkylation sites (tertiary alicyclic amines) is 1. The van der Waals surface area contributed by atoms with Crippen LogP contribution in [0.1, 0.15) is 36.6 Å². The van der Waals surface area contributed by atoms with E-state index in [4.69, 9.17) is 4.74 Å². The minimum absolute atomic E-state index is 0.00480. The van der Waals surface area contributed by atoms with Crippen molar-refractivity contribution in [3.05, 3.63) is 38.3 Å². The number of carboxylic acids is 1. The Kier molecular flexibility index (Phi) is 5.09. The van der Waals surface area contributed by atoms with Gasteiger partial charge in [-0.2, -0.15) is 0 Å². The van der Waals surface area contributed by atoms with Crippen LogP contribution >= 0.6 is 23.1 Å². The number of phenols is 1. The Labute approximate surface area is 208 Å². The number of nitrogens with one attached hydrogen (secondary N) is 1. The van der Waals surface area contributed by atoms with Gasteiger partial charge in [0.2, 0.25) is 11.8 Å². The van der Waals surface area contributed by atoms with Crippen molar-refractivity contribution in [2.24, 2.45) is 29.6 Å². The fourth-order valence-corrected chi connectivity index (χ4v) is 9.79. The lowest BCUT2D eigenvalue weighted by Crippen LogP contribution is -2.44. The largest absolute Gasteiger partial charge is 0.504 e. The maximum atomic E-state index is 13.4. The Balaban J connectivity index is 1.45. The summed E-state index contributed by atoms with van der Waals surface area (Å²) in [5.41, 5.74) is 0.884. The monoisotopic (exact) mass is 516 g/mol. The molecule has 9 nitrogen and oxygen atoms in total. The molecule has 2 bridgehead atoms. The van der Waals surface area contributed by atoms with Crippen molar-refractivity contribution >= 4 is 40.9 Å². The summed E-state index contributed by atoms with van der Waals surface area (Å²) in [6, 6.07) is 4.01. The zero-order chi connectivity index (χ0) is 24.8. The predicted molar refractivity (Wildman–Crippen MR) is 127 cm³/mol. The van der Waals surface area contributed by atoms with Gasteiger partial charge in [0.25, 0.3) is 0 Å². The van der Waals surface area contributed by atoms with E-state index in [-0.39, 0.29) is 45.5 Å². The second-order valence-corrected chi connectivity index (χ2v) is 11.9. The number of ether oxygens (including phenoxy) is 1. The van der Waals surface area contributed by atoms with Crippen molar-refractivity contribution in [2.75, 3.05) is 6.61 Å². The van der Waals surface area contributed by atoms with Crippen molar-refractivity contribution in [1.29, 1.82) is 0 Å². The maximum Gasteiger partial charge on any atom is 0.326 e. The van der Waals surface area contributed by atoms with Gasteiger partial charge < -0.3 is 19.9 Å². The molecule has 2 saturated carbocycles. The number of aromatic hydroxyl groups is 1. The molecule has 1 aromatic carbocycles. The molecule has 4 aliphatic rings. The molecular formula is C24H24N2O7S2. The first-order valence-electron chi connectivity index (χ1n) is 11.7. The van der Waals surface area contributed by atoms with Crippen molar-refractivity contribution < 1.29 is 29.3 Å². The van der Waals surface area contributed by atoms with Crippen LogP contribution in [0.15, 0.2) is 28.0 Å². The number of aromatic nitrogens is 1. The molecule has 2 aliphatic heterocycles. The molecule has 2 amide bonds. The molecule has 1 saturated heterocycles. The predicted octanol–water partition coefficient (Wildman–Crippen LogP) is 2.49. The van der Waals surface area contributed by atoms with E-state index >= 15 is 0 Å². The molecule has 3 N–H and O–H groups in total. The summed E-state index contributed by atoms with van der Waals surface area (Å²) in [4.78, 5) is 55.3. The van der Waals surface area contributed by atoms with Gasteiger partial charge in [0.1, 0.15) is 6.04 Å². The highest BCUT2D eigenvalue weighted by Crippen LogP contribution is 2.68. The molecular weight excluding hydrogens is 492 g/mol. The van der Waals surface area contributed by atoms with Crippen molar-refractivity contribution in [1.82, 2.24) is 9.88 Å². The number of hydrogen-bond acceptors (Lipinski definition) is 8. The summed E-state index contributed by atoms with van der Waals surface area (Å²) in [7, 11) is 0. The summed E-state index contributed by atoms with van der Waals surface area (Å²) in [6.07, 6.45) is 0.719. The highest BCUT2D eigenvalue weighted by Gasteiger charge is 2.70. The first-order valence-corrected chi connectivity index (χ1v) is 13.4. The number of H-pyrrole nitrogens is 1. The number of carboxylic acid groups (broad SMARTS) is 1. The number of carbonyl (C=O) groups excluding carboxylic acids is 2. The third-order valence-electron chi connectivity index (χ3n) is 8.15. The second kappa shape index (κ2) is 7.86. The highest BCUT2D eigenvalue weighted by atomic mass is 32.2. The highest BCUT2D eigenvalue weighted by molar-refractivity contribution is 8.00. The van der Waals surface area contributed by atoms with E-state index in [2.05, 4.69) is 4.98 Å². The number of aliphatic carboxylic acids is 1. The van der Waals surface area contributed by atoms with E-state index in [0.29, 0.717) is 12.4 Å². The zero-order valence-corrected chi connectivity index (χ0v) is 20.6. The Hall–Kier alpha value is -2.79. The van der Waals surface area contributed by atoms with E-state index in [1.165, 1.54) is 6.92 Å². The van der Waals surface area contributed by atoms with Gasteiger partial charge in [0.15, 0.2) is 11.5 Å². The minimum Gasteiger partial charge on any atom is -0.504 e. The molecule has 3 fully saturated rings. The van der Waals surface area contributed by atoms with Crippen LogP contribution in [0, 0.1) is 29.6 Å². The van der Waals surface area contributed by atoms with Crippen LogP contribution in [0.4, 0.5) is 0 Å². The Bertz CT molecular complexity index is 1320. The smallest absolute Gasteiger partial charge is 0.326 e. The molecule has 2 aliphatic carbocycles. The summed E-state index contributed by atoms with van der Waals surface area (Å²) < 4.78 is 5.62. The molecule has 184 valence electrons. The number of rotatable bonds is 5. The first kappa shape index (κ1) is 22.7. The van der Waals surface area contributed by atoms with E-state index in [0.717, 1.165) is 38.1 Å². The average molecular weight is 517 g/mol. The standard InChI is InChI=1S/C24H24N2O7S2/c1-3-33-13-6-9(4-5-12(13)27)14-15-10-7-11(18(15)34-20-19(14)35-24(32)25-20)17-16(10)21(28)26(22(17)29)8(2)23(30)31/h4-6,8,10-11,14-18,27H,3,7H2,1-2H3,(H,25,32)(H,30,31)/t8-,10-,11+,14+,15+,16+,17+,18-/m0/s1. The Morgan fingerprint density at radius 2 is 1.94 bits per heavy atom. The van der Waals surface area contributed by atoms with Crippen LogP contribution in [0.5, 0.6) is 11.5 Å². The van der Waals surface area contributed by atoms with Gasteiger partial charge >= 0.3 is 10.8 Å². The Morgan fingerprint density at radius 3 is 2.63 bits per heavy atom. The van der Waals surface area contributed by atoms with Gasteiger partial charge in [-0.1, -0.05) is 17.4 Å². The lowest BCUT2D eigenvalue weighted by atomic mass is 9.68. The number of thioether (sulfide) groups is 1. The lowest BCUT2D eigenvalue weighted by Gasteiger charge is -2.43. The molecule has 6 rings (SSSR count). The summed E-state index contributed by atoms with van der Waals surface area (Å²) in [5, 5.41) is 20.5. The zero-order valence-electron chi connectivity index (χ0n) is 19.0. The molecule has 11 heteroatoms. The van der Waals surface area contributed by atoms with Gasteiger partial charge in [0.05, 0.1) is 23.5 Å². The van der Waals surface area contributed by atoms with Crippen molar-refractivity contribution in [3.63, 3.8) is 0 Å². The van der Waals surface area contributed by atoms with Gasteiger partial charge in [-0.25, -0.2) is 4.79 Å². The number of amides is 2. The number of benzene rings is 1. The number of fused-ring (bicyclic) bond motifs is 9. The van der Waals surface area contributed by atoms with E-state index in [1.807, 2.05) is 13.0 Å². The summed E-state index contributed by atoms with van der Waals surface area (Å²) in [6.45, 7) is 3.59. The van der Waals surface area contributed by atoms with Gasteiger partial charge in [-0.3, -0.25) is 19.3 Å².